The van der Waals surface area contributed by atoms with E-state index >= 15 is 0 Å². The maximum Gasteiger partial charge on any atom is 0.191 e. The average molecular weight is 314 g/mol. The Kier molecular flexibility index (Phi) is 6.54. The molecule has 0 aliphatic heterocycles. The van der Waals surface area contributed by atoms with Crippen LogP contribution in [0.25, 0.3) is 0 Å². The van der Waals surface area contributed by atoms with Crippen LogP contribution < -0.4 is 15.4 Å². The molecule has 1 heterocycles. The Balaban J connectivity index is 1.76. The van der Waals surface area contributed by atoms with E-state index in [9.17, 15) is 0 Å². The highest BCUT2D eigenvalue weighted by molar-refractivity contribution is 5.79. The van der Waals surface area contributed by atoms with Crippen LogP contribution in [0.5, 0.6) is 5.75 Å². The number of benzene rings is 1. The number of nitrogens with zero attached hydrogens (tertiary/aromatic N) is 2. The van der Waals surface area contributed by atoms with E-state index in [1.54, 1.807) is 14.2 Å². The fourth-order valence-electron chi connectivity index (χ4n) is 2.46. The molecule has 0 fully saturated rings. The Hall–Kier alpha value is -2.43. The third kappa shape index (κ3) is 5.36. The van der Waals surface area contributed by atoms with Gasteiger partial charge in [0.2, 0.25) is 0 Å². The van der Waals surface area contributed by atoms with Crippen LogP contribution in [0.15, 0.2) is 47.7 Å². The molecule has 0 spiro atoms. The highest BCUT2D eigenvalue weighted by atomic mass is 16.5. The van der Waals surface area contributed by atoms with E-state index in [0.717, 1.165) is 37.8 Å². The number of nitrogens with one attached hydrogen (secondary N) is 2. The van der Waals surface area contributed by atoms with Crippen LogP contribution in [-0.4, -0.2) is 37.8 Å². The Morgan fingerprint density at radius 3 is 2.61 bits per heavy atom. The summed E-state index contributed by atoms with van der Waals surface area (Å²) in [6.45, 7) is 4.66. The van der Waals surface area contributed by atoms with Crippen LogP contribution in [0, 0.1) is 6.92 Å². The van der Waals surface area contributed by atoms with Crippen molar-refractivity contribution in [3.8, 4) is 5.75 Å². The first kappa shape index (κ1) is 16.9. The van der Waals surface area contributed by atoms with Crippen molar-refractivity contribution in [2.45, 2.75) is 19.9 Å². The summed E-state index contributed by atoms with van der Waals surface area (Å²) in [5.41, 5.74) is 2.46. The number of rotatable bonds is 7. The molecule has 0 bridgehead atoms. The molecule has 0 aliphatic rings. The number of hydrogen-bond donors (Lipinski definition) is 2. The van der Waals surface area contributed by atoms with Gasteiger partial charge in [0.15, 0.2) is 5.96 Å². The van der Waals surface area contributed by atoms with Crippen LogP contribution in [0.3, 0.4) is 0 Å². The Morgan fingerprint density at radius 1 is 1.17 bits per heavy atom. The first-order valence-corrected chi connectivity index (χ1v) is 7.91. The van der Waals surface area contributed by atoms with Gasteiger partial charge in [-0.15, -0.1) is 0 Å². The third-order valence-corrected chi connectivity index (χ3v) is 3.67. The number of guanidine groups is 1. The van der Waals surface area contributed by atoms with Crippen molar-refractivity contribution < 1.29 is 4.74 Å². The lowest BCUT2D eigenvalue weighted by atomic mass is 10.1. The molecular weight excluding hydrogens is 288 g/mol. The summed E-state index contributed by atoms with van der Waals surface area (Å²) < 4.78 is 7.55. The second kappa shape index (κ2) is 8.88. The topological polar surface area (TPSA) is 50.6 Å². The van der Waals surface area contributed by atoms with Gasteiger partial charge in [0, 0.05) is 39.1 Å². The lowest BCUT2D eigenvalue weighted by Gasteiger charge is -2.14. The molecule has 2 N–H and O–H groups in total. The van der Waals surface area contributed by atoms with Gasteiger partial charge in [0.1, 0.15) is 5.75 Å². The standard InChI is InChI=1S/C18H26N4O/c1-15-6-7-17(23-3)16(14-15)8-9-20-18(19-2)21-10-13-22-11-4-5-12-22/h4-7,11-12,14H,8-10,13H2,1-3H3,(H2,19,20,21). The highest BCUT2D eigenvalue weighted by Gasteiger charge is 2.04. The molecule has 5 heteroatoms. The monoisotopic (exact) mass is 314 g/mol. The second-order valence-electron chi connectivity index (χ2n) is 5.41. The predicted molar refractivity (Wildman–Crippen MR) is 95.2 cm³/mol. The molecule has 0 saturated carbocycles. The van der Waals surface area contributed by atoms with E-state index < -0.39 is 0 Å². The lowest BCUT2D eigenvalue weighted by molar-refractivity contribution is 0.409. The zero-order valence-corrected chi connectivity index (χ0v) is 14.2. The molecule has 5 nitrogen and oxygen atoms in total. The molecule has 2 rings (SSSR count). The molecule has 0 radical (unpaired) electrons. The molecule has 1 aromatic carbocycles. The average Bonchev–Trinajstić information content (AvgIpc) is 3.07. The first-order valence-electron chi connectivity index (χ1n) is 7.91. The van der Waals surface area contributed by atoms with Gasteiger partial charge in [-0.05, 0) is 37.1 Å². The SMILES string of the molecule is CN=C(NCCc1cc(C)ccc1OC)NCCn1cccc1. The van der Waals surface area contributed by atoms with Gasteiger partial charge < -0.3 is 19.9 Å². The number of methoxy groups -OCH3 is 1. The molecule has 0 atom stereocenters. The maximum absolute atomic E-state index is 5.41. The van der Waals surface area contributed by atoms with Gasteiger partial charge in [0.05, 0.1) is 7.11 Å². The third-order valence-electron chi connectivity index (χ3n) is 3.67. The molecule has 1 aromatic heterocycles. The molecule has 2 aromatic rings. The predicted octanol–water partition coefficient (Wildman–Crippen LogP) is 2.21. The molecule has 0 saturated heterocycles. The summed E-state index contributed by atoms with van der Waals surface area (Å²) in [4.78, 5) is 4.25. The van der Waals surface area contributed by atoms with Crippen LogP contribution in [0.1, 0.15) is 11.1 Å². The van der Waals surface area contributed by atoms with E-state index in [2.05, 4.69) is 51.6 Å². The van der Waals surface area contributed by atoms with Crippen molar-refractivity contribution in [2.24, 2.45) is 4.99 Å². The molecule has 23 heavy (non-hydrogen) atoms. The minimum Gasteiger partial charge on any atom is -0.496 e. The normalized spacial score (nSPS) is 11.3. The van der Waals surface area contributed by atoms with Crippen LogP contribution in [-0.2, 0) is 13.0 Å². The highest BCUT2D eigenvalue weighted by Crippen LogP contribution is 2.19. The van der Waals surface area contributed by atoms with Gasteiger partial charge in [-0.3, -0.25) is 4.99 Å². The van der Waals surface area contributed by atoms with Crippen molar-refractivity contribution in [1.29, 1.82) is 0 Å². The van der Waals surface area contributed by atoms with Gasteiger partial charge in [-0.1, -0.05) is 17.7 Å². The van der Waals surface area contributed by atoms with Crippen LogP contribution in [0.4, 0.5) is 0 Å². The van der Waals surface area contributed by atoms with Gasteiger partial charge in [0.25, 0.3) is 0 Å². The first-order chi connectivity index (χ1) is 11.2. The Bertz CT molecular complexity index is 620. The number of aryl methyl sites for hydroxylation is 1. The summed E-state index contributed by atoms with van der Waals surface area (Å²) >= 11 is 0. The summed E-state index contributed by atoms with van der Waals surface area (Å²) in [7, 11) is 3.50. The number of hydrogen-bond acceptors (Lipinski definition) is 2. The summed E-state index contributed by atoms with van der Waals surface area (Å²) in [6, 6.07) is 10.3. The van der Waals surface area contributed by atoms with Gasteiger partial charge in [-0.2, -0.15) is 0 Å². The molecule has 0 amide bonds. The zero-order chi connectivity index (χ0) is 16.5. The second-order valence-corrected chi connectivity index (χ2v) is 5.41. The molecule has 124 valence electrons. The largest absolute Gasteiger partial charge is 0.496 e. The van der Waals surface area contributed by atoms with Gasteiger partial charge >= 0.3 is 0 Å². The Labute approximate surface area is 138 Å². The van der Waals surface area contributed by atoms with Crippen molar-refractivity contribution >= 4 is 5.96 Å². The Morgan fingerprint density at radius 2 is 1.91 bits per heavy atom. The molecular formula is C18H26N4O. The van der Waals surface area contributed by atoms with Crippen molar-refractivity contribution in [3.63, 3.8) is 0 Å². The van der Waals surface area contributed by atoms with E-state index in [0.29, 0.717) is 0 Å². The fourth-order valence-corrected chi connectivity index (χ4v) is 2.46. The zero-order valence-electron chi connectivity index (χ0n) is 14.2. The van der Waals surface area contributed by atoms with Crippen LogP contribution in [0.2, 0.25) is 0 Å². The quantitative estimate of drug-likeness (QED) is 0.608. The lowest BCUT2D eigenvalue weighted by Crippen LogP contribution is -2.39. The molecule has 0 aliphatic carbocycles. The summed E-state index contributed by atoms with van der Waals surface area (Å²) in [6.07, 6.45) is 5.01. The maximum atomic E-state index is 5.41. The summed E-state index contributed by atoms with van der Waals surface area (Å²) in [5, 5.41) is 6.66. The minimum atomic E-state index is 0.809. The summed E-state index contributed by atoms with van der Waals surface area (Å²) in [5.74, 6) is 1.76. The van der Waals surface area contributed by atoms with E-state index in [1.165, 1.54) is 11.1 Å². The molecule has 0 unspecified atom stereocenters. The van der Waals surface area contributed by atoms with Crippen LogP contribution >= 0.6 is 0 Å². The van der Waals surface area contributed by atoms with E-state index in [-0.39, 0.29) is 0 Å². The van der Waals surface area contributed by atoms with E-state index in [1.807, 2.05) is 18.2 Å². The number of aliphatic imine (C=N–C) groups is 1. The minimum absolute atomic E-state index is 0.809. The van der Waals surface area contributed by atoms with Crippen molar-refractivity contribution in [2.75, 3.05) is 27.2 Å². The smallest absolute Gasteiger partial charge is 0.191 e. The van der Waals surface area contributed by atoms with E-state index in [4.69, 9.17) is 4.74 Å². The fraction of sp³-hybridized carbons (Fsp3) is 0.389. The van der Waals surface area contributed by atoms with Crippen molar-refractivity contribution in [1.82, 2.24) is 15.2 Å². The van der Waals surface area contributed by atoms with Gasteiger partial charge in [-0.25, -0.2) is 0 Å². The number of ether oxygens (including phenoxy) is 1. The van der Waals surface area contributed by atoms with Crippen molar-refractivity contribution in [3.05, 3.63) is 53.9 Å². The number of aromatic nitrogens is 1.